The molecule has 2 nitrogen and oxygen atoms in total. The third-order valence-corrected chi connectivity index (χ3v) is 2.45. The molecule has 0 aliphatic carbocycles. The van der Waals surface area contributed by atoms with Gasteiger partial charge in [-0.2, -0.15) is 12.6 Å². The van der Waals surface area contributed by atoms with E-state index >= 15 is 0 Å². The van der Waals surface area contributed by atoms with Crippen LogP contribution in [0.25, 0.3) is 0 Å². The lowest BCUT2D eigenvalue weighted by molar-refractivity contribution is 0.0935. The molecule has 0 saturated carbocycles. The molecule has 0 saturated heterocycles. The third-order valence-electron chi connectivity index (χ3n) is 1.92. The van der Waals surface area contributed by atoms with E-state index in [0.717, 1.165) is 5.56 Å². The molecule has 2 unspecified atom stereocenters. The molecule has 2 atom stereocenters. The molecule has 13 heavy (non-hydrogen) atoms. The van der Waals surface area contributed by atoms with Gasteiger partial charge in [-0.05, 0) is 12.0 Å². The van der Waals surface area contributed by atoms with Crippen molar-refractivity contribution in [1.82, 2.24) is 0 Å². The second-order valence-electron chi connectivity index (χ2n) is 3.01. The first-order chi connectivity index (χ1) is 6.24. The van der Waals surface area contributed by atoms with Crippen LogP contribution in [0.3, 0.4) is 0 Å². The van der Waals surface area contributed by atoms with E-state index in [4.69, 9.17) is 5.11 Å². The third kappa shape index (κ3) is 3.38. The van der Waals surface area contributed by atoms with E-state index in [-0.39, 0.29) is 11.9 Å². The minimum Gasteiger partial charge on any atom is -0.394 e. The van der Waals surface area contributed by atoms with Gasteiger partial charge in [-0.25, -0.2) is 0 Å². The van der Waals surface area contributed by atoms with Gasteiger partial charge in [-0.1, -0.05) is 30.3 Å². The number of hydrogen-bond donors (Lipinski definition) is 3. The summed E-state index contributed by atoms with van der Waals surface area (Å²) in [6.07, 6.45) is -0.0744. The van der Waals surface area contributed by atoms with Crippen LogP contribution in [0.1, 0.15) is 5.56 Å². The van der Waals surface area contributed by atoms with Crippen LogP contribution in [-0.2, 0) is 6.42 Å². The standard InChI is InChI=1S/C10H14O2S/c11-7-9(12)10(13)6-8-4-2-1-3-5-8/h1-5,9-13H,6-7H2. The quantitative estimate of drug-likeness (QED) is 0.629. The van der Waals surface area contributed by atoms with Crippen LogP contribution in [0.5, 0.6) is 0 Å². The number of rotatable bonds is 4. The van der Waals surface area contributed by atoms with Gasteiger partial charge in [-0.15, -0.1) is 0 Å². The average molecular weight is 198 g/mol. The normalized spacial score (nSPS) is 15.3. The van der Waals surface area contributed by atoms with Crippen molar-refractivity contribution in [1.29, 1.82) is 0 Å². The maximum Gasteiger partial charge on any atom is 0.0889 e. The Balaban J connectivity index is 2.50. The van der Waals surface area contributed by atoms with Crippen molar-refractivity contribution in [2.45, 2.75) is 17.8 Å². The van der Waals surface area contributed by atoms with Crippen molar-refractivity contribution < 1.29 is 10.2 Å². The lowest BCUT2D eigenvalue weighted by Crippen LogP contribution is -2.26. The molecule has 0 bridgehead atoms. The monoisotopic (exact) mass is 198 g/mol. The molecule has 0 fully saturated rings. The summed E-state index contributed by atoms with van der Waals surface area (Å²) in [6.45, 7) is -0.235. The molecular formula is C10H14O2S. The van der Waals surface area contributed by atoms with Gasteiger partial charge in [0.25, 0.3) is 0 Å². The summed E-state index contributed by atoms with van der Waals surface area (Å²) in [4.78, 5) is 0. The van der Waals surface area contributed by atoms with Gasteiger partial charge >= 0.3 is 0 Å². The van der Waals surface area contributed by atoms with E-state index < -0.39 is 6.10 Å². The summed E-state index contributed by atoms with van der Waals surface area (Å²) in [6, 6.07) is 9.79. The number of aliphatic hydroxyl groups excluding tert-OH is 2. The van der Waals surface area contributed by atoms with Crippen LogP contribution in [0.4, 0.5) is 0 Å². The van der Waals surface area contributed by atoms with Gasteiger partial charge in [0.05, 0.1) is 12.7 Å². The fourth-order valence-corrected chi connectivity index (χ4v) is 1.42. The Morgan fingerprint density at radius 1 is 1.23 bits per heavy atom. The number of benzene rings is 1. The number of thiol groups is 1. The minimum absolute atomic E-state index is 0.201. The van der Waals surface area contributed by atoms with Crippen molar-refractivity contribution in [3.8, 4) is 0 Å². The first-order valence-electron chi connectivity index (χ1n) is 4.25. The molecule has 1 rings (SSSR count). The molecule has 72 valence electrons. The van der Waals surface area contributed by atoms with E-state index in [2.05, 4.69) is 12.6 Å². The van der Waals surface area contributed by atoms with Crippen molar-refractivity contribution in [2.75, 3.05) is 6.61 Å². The highest BCUT2D eigenvalue weighted by molar-refractivity contribution is 7.81. The second-order valence-corrected chi connectivity index (χ2v) is 3.67. The first kappa shape index (κ1) is 10.6. The summed E-state index contributed by atoms with van der Waals surface area (Å²) in [5.74, 6) is 0. The lowest BCUT2D eigenvalue weighted by Gasteiger charge is -2.15. The zero-order chi connectivity index (χ0) is 9.68. The molecule has 2 N–H and O–H groups in total. The lowest BCUT2D eigenvalue weighted by atomic mass is 10.1. The van der Waals surface area contributed by atoms with Gasteiger partial charge in [-0.3, -0.25) is 0 Å². The van der Waals surface area contributed by atoms with E-state index in [1.165, 1.54) is 0 Å². The van der Waals surface area contributed by atoms with Crippen LogP contribution in [-0.4, -0.2) is 28.2 Å². The van der Waals surface area contributed by atoms with Crippen molar-refractivity contribution in [3.63, 3.8) is 0 Å². The van der Waals surface area contributed by atoms with Gasteiger partial charge in [0.1, 0.15) is 0 Å². The van der Waals surface area contributed by atoms with E-state index in [9.17, 15) is 5.11 Å². The summed E-state index contributed by atoms with van der Waals surface area (Å²) in [7, 11) is 0. The molecule has 0 aliphatic heterocycles. The van der Waals surface area contributed by atoms with Crippen LogP contribution in [0.2, 0.25) is 0 Å². The maximum absolute atomic E-state index is 9.26. The Kier molecular flexibility index (Phi) is 4.28. The summed E-state index contributed by atoms with van der Waals surface area (Å²) < 4.78 is 0. The molecule has 3 heteroatoms. The molecule has 1 aromatic carbocycles. The highest BCUT2D eigenvalue weighted by atomic mass is 32.1. The molecule has 0 radical (unpaired) electrons. The molecule has 0 spiro atoms. The molecule has 0 aromatic heterocycles. The predicted molar refractivity (Wildman–Crippen MR) is 56.0 cm³/mol. The van der Waals surface area contributed by atoms with Crippen molar-refractivity contribution in [3.05, 3.63) is 35.9 Å². The Morgan fingerprint density at radius 3 is 2.38 bits per heavy atom. The molecule has 0 amide bonds. The van der Waals surface area contributed by atoms with Gasteiger partial charge in [0.2, 0.25) is 0 Å². The fraction of sp³-hybridized carbons (Fsp3) is 0.400. The Morgan fingerprint density at radius 2 is 1.85 bits per heavy atom. The maximum atomic E-state index is 9.26. The zero-order valence-electron chi connectivity index (χ0n) is 7.30. The zero-order valence-corrected chi connectivity index (χ0v) is 8.19. The van der Waals surface area contributed by atoms with E-state index in [1.807, 2.05) is 30.3 Å². The van der Waals surface area contributed by atoms with Crippen LogP contribution in [0, 0.1) is 0 Å². The van der Waals surface area contributed by atoms with Crippen molar-refractivity contribution >= 4 is 12.6 Å². The SMILES string of the molecule is OCC(O)C(S)Cc1ccccc1. The minimum atomic E-state index is -0.747. The Hall–Kier alpha value is -0.510. The topological polar surface area (TPSA) is 40.5 Å². The molecule has 1 aromatic rings. The Bertz CT molecular complexity index is 238. The van der Waals surface area contributed by atoms with Crippen LogP contribution in [0.15, 0.2) is 30.3 Å². The summed E-state index contributed by atoms with van der Waals surface area (Å²) in [5, 5.41) is 17.7. The van der Waals surface area contributed by atoms with E-state index in [0.29, 0.717) is 6.42 Å². The van der Waals surface area contributed by atoms with E-state index in [1.54, 1.807) is 0 Å². The smallest absolute Gasteiger partial charge is 0.0889 e. The second kappa shape index (κ2) is 5.27. The molecular weight excluding hydrogens is 184 g/mol. The number of hydrogen-bond acceptors (Lipinski definition) is 3. The molecule has 0 heterocycles. The number of aliphatic hydroxyl groups is 2. The predicted octanol–water partition coefficient (Wildman–Crippen LogP) is 0.881. The van der Waals surface area contributed by atoms with Gasteiger partial charge in [0, 0.05) is 5.25 Å². The first-order valence-corrected chi connectivity index (χ1v) is 4.76. The average Bonchev–Trinajstić information content (AvgIpc) is 2.18. The van der Waals surface area contributed by atoms with Crippen molar-refractivity contribution in [2.24, 2.45) is 0 Å². The molecule has 0 aliphatic rings. The summed E-state index contributed by atoms with van der Waals surface area (Å²) in [5.41, 5.74) is 1.12. The highest BCUT2D eigenvalue weighted by Gasteiger charge is 2.13. The highest BCUT2D eigenvalue weighted by Crippen LogP contribution is 2.10. The van der Waals surface area contributed by atoms with Crippen LogP contribution < -0.4 is 0 Å². The fourth-order valence-electron chi connectivity index (χ4n) is 1.11. The van der Waals surface area contributed by atoms with Gasteiger partial charge in [0.15, 0.2) is 0 Å². The van der Waals surface area contributed by atoms with Crippen LogP contribution >= 0.6 is 12.6 Å². The largest absolute Gasteiger partial charge is 0.394 e. The van der Waals surface area contributed by atoms with Gasteiger partial charge < -0.3 is 10.2 Å². The summed E-state index contributed by atoms with van der Waals surface area (Å²) >= 11 is 4.21. The Labute approximate surface area is 83.6 Å².